The topological polar surface area (TPSA) is 24.9 Å². The molecular formula is C20H26N2. The van der Waals surface area contributed by atoms with Gasteiger partial charge in [-0.25, -0.2) is 0 Å². The number of benzene rings is 1. The van der Waals surface area contributed by atoms with E-state index < -0.39 is 0 Å². The zero-order valence-electron chi connectivity index (χ0n) is 13.8. The van der Waals surface area contributed by atoms with Gasteiger partial charge >= 0.3 is 0 Å². The fourth-order valence-electron chi connectivity index (χ4n) is 3.63. The summed E-state index contributed by atoms with van der Waals surface area (Å²) >= 11 is 0. The molecule has 0 unspecified atom stereocenters. The Morgan fingerprint density at radius 2 is 2.00 bits per heavy atom. The maximum absolute atomic E-state index is 4.99. The normalized spacial score (nSPS) is 18.0. The highest BCUT2D eigenvalue weighted by atomic mass is 14.9. The van der Waals surface area contributed by atoms with Gasteiger partial charge in [-0.05, 0) is 73.3 Å². The fourth-order valence-corrected chi connectivity index (χ4v) is 3.63. The van der Waals surface area contributed by atoms with Gasteiger partial charge in [-0.1, -0.05) is 19.9 Å². The molecule has 1 N–H and O–H groups in total. The van der Waals surface area contributed by atoms with Gasteiger partial charge in [0.05, 0.1) is 5.52 Å². The van der Waals surface area contributed by atoms with Crippen LogP contribution in [0.5, 0.6) is 0 Å². The number of pyridine rings is 1. The van der Waals surface area contributed by atoms with Crippen molar-refractivity contribution in [3.8, 4) is 0 Å². The first kappa shape index (κ1) is 14.2. The van der Waals surface area contributed by atoms with Gasteiger partial charge in [0.1, 0.15) is 0 Å². The fraction of sp³-hybridized carbons (Fsp3) is 0.550. The van der Waals surface area contributed by atoms with E-state index in [1.807, 2.05) is 0 Å². The van der Waals surface area contributed by atoms with E-state index in [1.165, 1.54) is 59.8 Å². The van der Waals surface area contributed by atoms with Crippen LogP contribution in [0.25, 0.3) is 10.9 Å². The molecule has 0 saturated heterocycles. The van der Waals surface area contributed by atoms with Crippen LogP contribution in [0.1, 0.15) is 67.8 Å². The molecule has 0 bridgehead atoms. The lowest BCUT2D eigenvalue weighted by Gasteiger charge is -2.22. The van der Waals surface area contributed by atoms with E-state index in [0.717, 1.165) is 19.0 Å². The Morgan fingerprint density at radius 1 is 1.18 bits per heavy atom. The molecule has 1 fully saturated rings. The molecule has 116 valence electrons. The van der Waals surface area contributed by atoms with Crippen molar-refractivity contribution in [3.05, 3.63) is 40.6 Å². The Kier molecular flexibility index (Phi) is 3.65. The number of fused-ring (bicyclic) bond motifs is 2. The first-order valence-corrected chi connectivity index (χ1v) is 8.90. The molecule has 0 aliphatic heterocycles. The average molecular weight is 294 g/mol. The third-order valence-electron chi connectivity index (χ3n) is 5.22. The molecule has 2 aliphatic rings. The molecule has 2 nitrogen and oxygen atoms in total. The maximum atomic E-state index is 4.99. The van der Waals surface area contributed by atoms with E-state index in [2.05, 4.69) is 37.4 Å². The van der Waals surface area contributed by atoms with Crippen molar-refractivity contribution in [2.24, 2.45) is 0 Å². The van der Waals surface area contributed by atoms with Crippen LogP contribution in [0, 0.1) is 0 Å². The van der Waals surface area contributed by atoms with Crippen molar-refractivity contribution in [1.82, 2.24) is 10.3 Å². The van der Waals surface area contributed by atoms with E-state index in [9.17, 15) is 0 Å². The standard InChI is InChI=1S/C20H26N2/c1-13(2)14-7-10-20-17(11-14)18(12-21-15-8-9-15)16-5-3-4-6-19(16)22-20/h7,10-11,13,15,21H,3-6,8-9,12H2,1-2H3. The molecule has 1 saturated carbocycles. The van der Waals surface area contributed by atoms with Gasteiger partial charge in [-0.2, -0.15) is 0 Å². The summed E-state index contributed by atoms with van der Waals surface area (Å²) in [6.45, 7) is 5.57. The first-order valence-electron chi connectivity index (χ1n) is 8.90. The SMILES string of the molecule is CC(C)c1ccc2nc3c(c(CNC4CC4)c2c1)CCCC3. The largest absolute Gasteiger partial charge is 0.310 e. The number of aromatic nitrogens is 1. The number of hydrogen-bond donors (Lipinski definition) is 1. The lowest BCUT2D eigenvalue weighted by Crippen LogP contribution is -2.19. The molecule has 0 spiro atoms. The van der Waals surface area contributed by atoms with Crippen molar-refractivity contribution in [2.75, 3.05) is 0 Å². The molecule has 2 aromatic rings. The van der Waals surface area contributed by atoms with E-state index in [-0.39, 0.29) is 0 Å². The highest BCUT2D eigenvalue weighted by molar-refractivity contribution is 5.84. The number of hydrogen-bond acceptors (Lipinski definition) is 2. The minimum absolute atomic E-state index is 0.574. The molecule has 0 amide bonds. The second-order valence-corrected chi connectivity index (χ2v) is 7.31. The monoisotopic (exact) mass is 294 g/mol. The molecule has 0 radical (unpaired) electrons. The molecule has 1 heterocycles. The maximum Gasteiger partial charge on any atom is 0.0708 e. The second kappa shape index (κ2) is 5.66. The summed E-state index contributed by atoms with van der Waals surface area (Å²) in [5.74, 6) is 0.574. The zero-order chi connectivity index (χ0) is 15.1. The van der Waals surface area contributed by atoms with Crippen LogP contribution in [-0.4, -0.2) is 11.0 Å². The predicted molar refractivity (Wildman–Crippen MR) is 92.3 cm³/mol. The highest BCUT2D eigenvalue weighted by Crippen LogP contribution is 2.32. The number of rotatable bonds is 4. The first-order chi connectivity index (χ1) is 10.7. The van der Waals surface area contributed by atoms with Gasteiger partial charge in [0.15, 0.2) is 0 Å². The van der Waals surface area contributed by atoms with E-state index in [0.29, 0.717) is 5.92 Å². The summed E-state index contributed by atoms with van der Waals surface area (Å²) in [6.07, 6.45) is 7.69. The average Bonchev–Trinajstić information content (AvgIpc) is 3.35. The lowest BCUT2D eigenvalue weighted by atomic mass is 9.88. The Labute approximate surface area is 133 Å². The van der Waals surface area contributed by atoms with Crippen molar-refractivity contribution >= 4 is 10.9 Å². The van der Waals surface area contributed by atoms with Gasteiger partial charge in [-0.3, -0.25) is 4.98 Å². The molecule has 2 heteroatoms. The summed E-state index contributed by atoms with van der Waals surface area (Å²) < 4.78 is 0. The quantitative estimate of drug-likeness (QED) is 0.898. The van der Waals surface area contributed by atoms with E-state index >= 15 is 0 Å². The van der Waals surface area contributed by atoms with Crippen LogP contribution >= 0.6 is 0 Å². The van der Waals surface area contributed by atoms with Gasteiger partial charge in [0, 0.05) is 23.7 Å². The third-order valence-corrected chi connectivity index (χ3v) is 5.22. The summed E-state index contributed by atoms with van der Waals surface area (Å²) in [6, 6.07) is 7.65. The number of nitrogens with one attached hydrogen (secondary N) is 1. The van der Waals surface area contributed by atoms with Gasteiger partial charge in [0.2, 0.25) is 0 Å². The van der Waals surface area contributed by atoms with Gasteiger partial charge in [0.25, 0.3) is 0 Å². The van der Waals surface area contributed by atoms with E-state index in [4.69, 9.17) is 4.98 Å². The molecule has 2 aliphatic carbocycles. The van der Waals surface area contributed by atoms with E-state index in [1.54, 1.807) is 5.56 Å². The Balaban J connectivity index is 1.85. The molecule has 1 aromatic carbocycles. The summed E-state index contributed by atoms with van der Waals surface area (Å²) in [4.78, 5) is 4.99. The van der Waals surface area contributed by atoms with Gasteiger partial charge in [-0.15, -0.1) is 0 Å². The van der Waals surface area contributed by atoms with Crippen molar-refractivity contribution in [2.45, 2.75) is 70.9 Å². The molecule has 0 atom stereocenters. The van der Waals surface area contributed by atoms with Gasteiger partial charge < -0.3 is 5.32 Å². The minimum atomic E-state index is 0.574. The lowest BCUT2D eigenvalue weighted by molar-refractivity contribution is 0.642. The molecule has 4 rings (SSSR count). The van der Waals surface area contributed by atoms with Crippen molar-refractivity contribution < 1.29 is 0 Å². The summed E-state index contributed by atoms with van der Waals surface area (Å²) in [7, 11) is 0. The number of aryl methyl sites for hydroxylation is 1. The Hall–Kier alpha value is -1.41. The Morgan fingerprint density at radius 3 is 2.77 bits per heavy atom. The summed E-state index contributed by atoms with van der Waals surface area (Å²) in [5, 5.41) is 5.12. The van der Waals surface area contributed by atoms with Crippen molar-refractivity contribution in [1.29, 1.82) is 0 Å². The molecular weight excluding hydrogens is 268 g/mol. The number of nitrogens with zero attached hydrogens (tertiary/aromatic N) is 1. The molecule has 22 heavy (non-hydrogen) atoms. The van der Waals surface area contributed by atoms with Crippen LogP contribution < -0.4 is 5.32 Å². The highest BCUT2D eigenvalue weighted by Gasteiger charge is 2.23. The molecule has 1 aromatic heterocycles. The van der Waals surface area contributed by atoms with Crippen LogP contribution in [0.15, 0.2) is 18.2 Å². The summed E-state index contributed by atoms with van der Waals surface area (Å²) in [5.41, 5.74) is 7.07. The smallest absolute Gasteiger partial charge is 0.0708 e. The zero-order valence-corrected chi connectivity index (χ0v) is 13.8. The van der Waals surface area contributed by atoms with Crippen LogP contribution in [0.4, 0.5) is 0 Å². The van der Waals surface area contributed by atoms with Crippen LogP contribution in [0.3, 0.4) is 0 Å². The minimum Gasteiger partial charge on any atom is -0.310 e. The van der Waals surface area contributed by atoms with Crippen LogP contribution in [-0.2, 0) is 19.4 Å². The Bertz CT molecular complexity index is 698. The second-order valence-electron chi connectivity index (χ2n) is 7.31. The third kappa shape index (κ3) is 2.65. The van der Waals surface area contributed by atoms with Crippen molar-refractivity contribution in [3.63, 3.8) is 0 Å². The van der Waals surface area contributed by atoms with Crippen LogP contribution in [0.2, 0.25) is 0 Å². The predicted octanol–water partition coefficient (Wildman–Crippen LogP) is 4.49.